The Morgan fingerprint density at radius 1 is 1.08 bits per heavy atom. The van der Waals surface area contributed by atoms with E-state index < -0.39 is 22.5 Å². The molecular weight excluding hydrogens is 546 g/mol. The first-order valence-corrected chi connectivity index (χ1v) is 14.2. The summed E-state index contributed by atoms with van der Waals surface area (Å²) in [5.41, 5.74) is 1.53. The third kappa shape index (κ3) is 7.06. The quantitative estimate of drug-likeness (QED) is 0.299. The number of sulfonamides is 1. The van der Waals surface area contributed by atoms with Crippen molar-refractivity contribution in [1.82, 2.24) is 5.32 Å². The van der Waals surface area contributed by atoms with Crippen LogP contribution in [0.2, 0.25) is 10.0 Å². The highest BCUT2D eigenvalue weighted by Gasteiger charge is 2.27. The number of amides is 1. The predicted molar refractivity (Wildman–Crippen MR) is 144 cm³/mol. The van der Waals surface area contributed by atoms with Crippen LogP contribution >= 0.6 is 35.0 Å². The molecule has 0 bridgehead atoms. The molecule has 0 aliphatic carbocycles. The fourth-order valence-electron chi connectivity index (χ4n) is 3.26. The lowest BCUT2D eigenvalue weighted by Crippen LogP contribution is -2.41. The topological polar surface area (TPSA) is 75.7 Å². The maximum Gasteiger partial charge on any atom is 0.264 e. The van der Waals surface area contributed by atoms with E-state index in [1.807, 2.05) is 6.92 Å². The van der Waals surface area contributed by atoms with Gasteiger partial charge in [0.2, 0.25) is 5.91 Å². The number of benzene rings is 3. The van der Waals surface area contributed by atoms with E-state index >= 15 is 0 Å². The number of nitrogens with one attached hydrogen (secondary N) is 1. The average Bonchev–Trinajstić information content (AvgIpc) is 2.84. The minimum Gasteiger partial charge on any atom is -0.495 e. The molecule has 0 heterocycles. The van der Waals surface area contributed by atoms with Gasteiger partial charge >= 0.3 is 0 Å². The van der Waals surface area contributed by atoms with E-state index in [4.69, 9.17) is 27.9 Å². The van der Waals surface area contributed by atoms with Crippen molar-refractivity contribution in [2.75, 3.05) is 30.3 Å². The van der Waals surface area contributed by atoms with Crippen LogP contribution < -0.4 is 14.4 Å². The lowest BCUT2D eigenvalue weighted by molar-refractivity contribution is -0.119. The van der Waals surface area contributed by atoms with Crippen molar-refractivity contribution in [2.24, 2.45) is 0 Å². The zero-order valence-corrected chi connectivity index (χ0v) is 22.8. The highest BCUT2D eigenvalue weighted by molar-refractivity contribution is 7.98. The van der Waals surface area contributed by atoms with Gasteiger partial charge in [0, 0.05) is 28.6 Å². The van der Waals surface area contributed by atoms with E-state index in [0.717, 1.165) is 9.87 Å². The fraction of sp³-hybridized carbons (Fsp3) is 0.240. The molecule has 192 valence electrons. The molecule has 36 heavy (non-hydrogen) atoms. The van der Waals surface area contributed by atoms with E-state index in [0.29, 0.717) is 27.8 Å². The van der Waals surface area contributed by atoms with Gasteiger partial charge in [-0.3, -0.25) is 9.10 Å². The molecule has 0 saturated carbocycles. The number of hydrogen-bond donors (Lipinski definition) is 1. The average molecular weight is 572 g/mol. The second kappa shape index (κ2) is 12.7. The summed E-state index contributed by atoms with van der Waals surface area (Å²) in [5, 5.41) is 3.28. The van der Waals surface area contributed by atoms with Crippen LogP contribution in [0.1, 0.15) is 11.1 Å². The lowest BCUT2D eigenvalue weighted by atomic mass is 10.2. The molecule has 0 aliphatic heterocycles. The number of nitrogens with zero attached hydrogens (tertiary/aromatic N) is 1. The summed E-state index contributed by atoms with van der Waals surface area (Å²) in [7, 11) is -2.62. The van der Waals surface area contributed by atoms with Crippen molar-refractivity contribution >= 4 is 56.6 Å². The van der Waals surface area contributed by atoms with Crippen LogP contribution in [0.25, 0.3) is 0 Å². The Hall–Kier alpha value is -2.46. The number of aryl methyl sites for hydroxylation is 1. The lowest BCUT2D eigenvalue weighted by Gasteiger charge is -2.24. The first kappa shape index (κ1) is 28.1. The Bertz CT molecular complexity index is 1300. The standard InChI is InChI=1S/C25H25Cl2FN2O4S2/c1-17-6-9-19(10-7-17)36(32,33)30(18-8-11-24(34-2)22(27)14-18)15-25(31)29-12-13-35-16-20-21(26)4-3-5-23(20)28/h3-11,14H,12-13,15-16H2,1-2H3,(H,29,31). The highest BCUT2D eigenvalue weighted by atomic mass is 35.5. The Labute approximate surface area is 224 Å². The molecule has 0 aliphatic rings. The largest absolute Gasteiger partial charge is 0.495 e. The van der Waals surface area contributed by atoms with Gasteiger partial charge in [-0.25, -0.2) is 12.8 Å². The summed E-state index contributed by atoms with van der Waals surface area (Å²) in [4.78, 5) is 12.8. The smallest absolute Gasteiger partial charge is 0.264 e. The van der Waals surface area contributed by atoms with Gasteiger partial charge in [-0.05, 0) is 49.4 Å². The number of thioether (sulfide) groups is 1. The van der Waals surface area contributed by atoms with Gasteiger partial charge in [0.1, 0.15) is 18.1 Å². The molecule has 0 radical (unpaired) electrons. The Kier molecular flexibility index (Phi) is 9.90. The van der Waals surface area contributed by atoms with Gasteiger partial charge in [-0.2, -0.15) is 11.8 Å². The number of methoxy groups -OCH3 is 1. The predicted octanol–water partition coefficient (Wildman–Crippen LogP) is 5.69. The van der Waals surface area contributed by atoms with Crippen molar-refractivity contribution in [3.8, 4) is 5.75 Å². The van der Waals surface area contributed by atoms with Crippen LogP contribution in [0, 0.1) is 12.7 Å². The normalized spacial score (nSPS) is 11.2. The first-order valence-electron chi connectivity index (χ1n) is 10.8. The fourth-order valence-corrected chi connectivity index (χ4v) is 6.12. The molecular formula is C25H25Cl2FN2O4S2. The Morgan fingerprint density at radius 3 is 2.44 bits per heavy atom. The van der Waals surface area contributed by atoms with Crippen LogP contribution in [-0.2, 0) is 20.6 Å². The van der Waals surface area contributed by atoms with Gasteiger partial charge in [-0.15, -0.1) is 0 Å². The van der Waals surface area contributed by atoms with E-state index in [1.165, 1.54) is 55.3 Å². The molecule has 0 unspecified atom stereocenters. The second-order valence-corrected chi connectivity index (χ2v) is 11.5. The summed E-state index contributed by atoms with van der Waals surface area (Å²) < 4.78 is 47.0. The van der Waals surface area contributed by atoms with Crippen LogP contribution in [0.5, 0.6) is 5.75 Å². The summed E-state index contributed by atoms with van der Waals surface area (Å²) >= 11 is 13.7. The molecule has 3 rings (SSSR count). The molecule has 11 heteroatoms. The molecule has 0 saturated heterocycles. The maximum atomic E-state index is 13.9. The summed E-state index contributed by atoms with van der Waals surface area (Å²) in [5.74, 6) is 0.329. The summed E-state index contributed by atoms with van der Waals surface area (Å²) in [6.07, 6.45) is 0. The van der Waals surface area contributed by atoms with Crippen LogP contribution in [-0.4, -0.2) is 40.3 Å². The molecule has 6 nitrogen and oxygen atoms in total. The van der Waals surface area contributed by atoms with Crippen LogP contribution in [0.15, 0.2) is 65.6 Å². The van der Waals surface area contributed by atoms with E-state index in [9.17, 15) is 17.6 Å². The van der Waals surface area contributed by atoms with E-state index in [1.54, 1.807) is 24.3 Å². The highest BCUT2D eigenvalue weighted by Crippen LogP contribution is 2.32. The van der Waals surface area contributed by atoms with Gasteiger partial charge in [0.15, 0.2) is 0 Å². The number of rotatable bonds is 11. The molecule has 3 aromatic rings. The van der Waals surface area contributed by atoms with Gasteiger partial charge in [0.25, 0.3) is 10.0 Å². The zero-order valence-electron chi connectivity index (χ0n) is 19.6. The van der Waals surface area contributed by atoms with Gasteiger partial charge < -0.3 is 10.1 Å². The third-order valence-corrected chi connectivity index (χ3v) is 8.62. The monoisotopic (exact) mass is 570 g/mol. The minimum absolute atomic E-state index is 0.0464. The summed E-state index contributed by atoms with van der Waals surface area (Å²) in [6.45, 7) is 1.66. The van der Waals surface area contributed by atoms with Crippen molar-refractivity contribution in [3.63, 3.8) is 0 Å². The van der Waals surface area contributed by atoms with E-state index in [2.05, 4.69) is 5.32 Å². The van der Waals surface area contributed by atoms with Crippen LogP contribution in [0.4, 0.5) is 10.1 Å². The summed E-state index contributed by atoms with van der Waals surface area (Å²) in [6, 6.07) is 15.4. The van der Waals surface area contributed by atoms with Crippen molar-refractivity contribution in [2.45, 2.75) is 17.6 Å². The van der Waals surface area contributed by atoms with Crippen molar-refractivity contribution in [3.05, 3.63) is 87.7 Å². The van der Waals surface area contributed by atoms with E-state index in [-0.39, 0.29) is 28.0 Å². The molecule has 0 fully saturated rings. The number of hydrogen-bond acceptors (Lipinski definition) is 5. The third-order valence-electron chi connectivity index (χ3n) is 5.20. The number of halogens is 3. The number of ether oxygens (including phenoxy) is 1. The molecule has 0 atom stereocenters. The zero-order chi connectivity index (χ0) is 26.3. The second-order valence-electron chi connectivity index (χ2n) is 7.75. The van der Waals surface area contributed by atoms with Gasteiger partial charge in [-0.1, -0.05) is 47.0 Å². The number of carbonyl (C=O) groups is 1. The maximum absolute atomic E-state index is 13.9. The van der Waals surface area contributed by atoms with Crippen LogP contribution in [0.3, 0.4) is 0 Å². The molecule has 1 amide bonds. The molecule has 0 spiro atoms. The molecule has 3 aromatic carbocycles. The number of anilines is 1. The molecule has 0 aromatic heterocycles. The van der Waals surface area contributed by atoms with Crippen molar-refractivity contribution in [1.29, 1.82) is 0 Å². The molecule has 1 N–H and O–H groups in total. The first-order chi connectivity index (χ1) is 17.1. The van der Waals surface area contributed by atoms with Crippen molar-refractivity contribution < 1.29 is 22.3 Å². The SMILES string of the molecule is COc1ccc(N(CC(=O)NCCSCc2c(F)cccc2Cl)S(=O)(=O)c2ccc(C)cc2)cc1Cl. The number of carbonyl (C=O) groups excluding carboxylic acids is 1. The Balaban J connectivity index is 1.70. The Morgan fingerprint density at radius 2 is 1.81 bits per heavy atom. The van der Waals surface area contributed by atoms with Gasteiger partial charge in [0.05, 0.1) is 22.7 Å². The minimum atomic E-state index is -4.07.